The fourth-order valence-corrected chi connectivity index (χ4v) is 3.84. The molecule has 0 aliphatic carbocycles. The Morgan fingerprint density at radius 2 is 2.15 bits per heavy atom. The molecule has 0 spiro atoms. The quantitative estimate of drug-likeness (QED) is 0.913. The first kappa shape index (κ1) is 14.4. The minimum atomic E-state index is 0.709. The molecule has 110 valence electrons. The largest absolute Gasteiger partial charge is 0.493 e. The third kappa shape index (κ3) is 3.18. The van der Waals surface area contributed by atoms with E-state index >= 15 is 0 Å². The Morgan fingerprint density at radius 1 is 1.35 bits per heavy atom. The Bertz CT molecular complexity index is 470. The maximum absolute atomic E-state index is 5.83. The monoisotopic (exact) mass is 338 g/mol. The summed E-state index contributed by atoms with van der Waals surface area (Å²) in [6, 6.07) is 5.13. The summed E-state index contributed by atoms with van der Waals surface area (Å²) in [5, 5.41) is 3.56. The lowest BCUT2D eigenvalue weighted by Crippen LogP contribution is -2.42. The highest BCUT2D eigenvalue weighted by molar-refractivity contribution is 9.10. The fraction of sp³-hybridized carbons (Fsp3) is 0.625. The van der Waals surface area contributed by atoms with Crippen LogP contribution in [0, 0.1) is 0 Å². The summed E-state index contributed by atoms with van der Waals surface area (Å²) in [6.45, 7) is 7.48. The van der Waals surface area contributed by atoms with Crippen molar-refractivity contribution in [2.45, 2.75) is 38.8 Å². The van der Waals surface area contributed by atoms with Gasteiger partial charge in [-0.05, 0) is 50.2 Å². The molecule has 0 atom stereocenters. The van der Waals surface area contributed by atoms with Gasteiger partial charge in [0.2, 0.25) is 0 Å². The second-order valence-corrected chi connectivity index (χ2v) is 6.68. The molecule has 1 saturated heterocycles. The van der Waals surface area contributed by atoms with Crippen LogP contribution in [-0.2, 0) is 13.0 Å². The van der Waals surface area contributed by atoms with E-state index in [-0.39, 0.29) is 0 Å². The van der Waals surface area contributed by atoms with E-state index in [2.05, 4.69) is 45.2 Å². The second kappa shape index (κ2) is 6.46. The van der Waals surface area contributed by atoms with E-state index in [9.17, 15) is 0 Å². The van der Waals surface area contributed by atoms with Crippen molar-refractivity contribution in [1.29, 1.82) is 0 Å². The predicted octanol–water partition coefficient (Wildman–Crippen LogP) is 2.96. The molecule has 0 aromatic heterocycles. The van der Waals surface area contributed by atoms with Gasteiger partial charge in [0.15, 0.2) is 0 Å². The SMILES string of the molecule is CCNC1CCN(Cc2cc(Br)cc3c2OCC3)CC1. The van der Waals surface area contributed by atoms with Crippen molar-refractivity contribution < 1.29 is 4.74 Å². The maximum Gasteiger partial charge on any atom is 0.127 e. The van der Waals surface area contributed by atoms with Crippen molar-refractivity contribution in [2.24, 2.45) is 0 Å². The highest BCUT2D eigenvalue weighted by atomic mass is 79.9. The van der Waals surface area contributed by atoms with Crippen LogP contribution in [0.25, 0.3) is 0 Å². The van der Waals surface area contributed by atoms with Gasteiger partial charge in [-0.3, -0.25) is 4.90 Å². The van der Waals surface area contributed by atoms with Crippen LogP contribution in [0.3, 0.4) is 0 Å². The van der Waals surface area contributed by atoms with Crippen LogP contribution < -0.4 is 10.1 Å². The Balaban J connectivity index is 1.64. The summed E-state index contributed by atoms with van der Waals surface area (Å²) in [5.74, 6) is 1.14. The van der Waals surface area contributed by atoms with Crippen LogP contribution in [0.4, 0.5) is 0 Å². The number of nitrogens with zero attached hydrogens (tertiary/aromatic N) is 1. The summed E-state index contributed by atoms with van der Waals surface area (Å²) < 4.78 is 7.01. The number of rotatable bonds is 4. The third-order valence-electron chi connectivity index (χ3n) is 4.30. The summed E-state index contributed by atoms with van der Waals surface area (Å²) in [7, 11) is 0. The number of nitrogens with one attached hydrogen (secondary N) is 1. The molecule has 0 saturated carbocycles. The van der Waals surface area contributed by atoms with Crippen molar-refractivity contribution in [1.82, 2.24) is 10.2 Å². The highest BCUT2D eigenvalue weighted by Crippen LogP contribution is 2.34. The number of ether oxygens (including phenoxy) is 1. The molecule has 0 bridgehead atoms. The number of hydrogen-bond donors (Lipinski definition) is 1. The zero-order valence-corrected chi connectivity index (χ0v) is 13.7. The molecule has 2 heterocycles. The van der Waals surface area contributed by atoms with Crippen molar-refractivity contribution in [3.63, 3.8) is 0 Å². The number of hydrogen-bond acceptors (Lipinski definition) is 3. The van der Waals surface area contributed by atoms with E-state index in [1.54, 1.807) is 0 Å². The average Bonchev–Trinajstić information content (AvgIpc) is 2.89. The molecule has 3 nitrogen and oxygen atoms in total. The molecule has 4 heteroatoms. The van der Waals surface area contributed by atoms with Gasteiger partial charge in [-0.15, -0.1) is 0 Å². The number of halogens is 1. The van der Waals surface area contributed by atoms with Gasteiger partial charge in [0.1, 0.15) is 5.75 Å². The van der Waals surface area contributed by atoms with Crippen molar-refractivity contribution in [3.8, 4) is 5.75 Å². The zero-order chi connectivity index (χ0) is 13.9. The van der Waals surface area contributed by atoms with Crippen molar-refractivity contribution in [2.75, 3.05) is 26.2 Å². The Morgan fingerprint density at radius 3 is 2.90 bits per heavy atom. The summed E-state index contributed by atoms with van der Waals surface area (Å²) in [6.07, 6.45) is 3.56. The first-order chi connectivity index (χ1) is 9.76. The molecule has 0 unspecified atom stereocenters. The molecule has 3 rings (SSSR count). The van der Waals surface area contributed by atoms with Crippen LogP contribution in [-0.4, -0.2) is 37.2 Å². The van der Waals surface area contributed by atoms with Crippen molar-refractivity contribution >= 4 is 15.9 Å². The Kier molecular flexibility index (Phi) is 4.64. The lowest BCUT2D eigenvalue weighted by molar-refractivity contribution is 0.189. The molecule has 1 aromatic rings. The molecule has 1 N–H and O–H groups in total. The van der Waals surface area contributed by atoms with Gasteiger partial charge in [0, 0.05) is 29.0 Å². The molecule has 0 amide bonds. The van der Waals surface area contributed by atoms with E-state index < -0.39 is 0 Å². The molecule has 2 aliphatic rings. The van der Waals surface area contributed by atoms with Gasteiger partial charge in [0.05, 0.1) is 6.61 Å². The van der Waals surface area contributed by atoms with Crippen LogP contribution in [0.5, 0.6) is 5.75 Å². The van der Waals surface area contributed by atoms with Gasteiger partial charge < -0.3 is 10.1 Å². The fourth-order valence-electron chi connectivity index (χ4n) is 3.29. The lowest BCUT2D eigenvalue weighted by atomic mass is 10.0. The molecule has 1 aromatic carbocycles. The lowest BCUT2D eigenvalue weighted by Gasteiger charge is -2.32. The first-order valence-electron chi connectivity index (χ1n) is 7.66. The average molecular weight is 339 g/mol. The minimum absolute atomic E-state index is 0.709. The topological polar surface area (TPSA) is 24.5 Å². The molecular weight excluding hydrogens is 316 g/mol. The maximum atomic E-state index is 5.83. The number of piperidine rings is 1. The molecule has 20 heavy (non-hydrogen) atoms. The van der Waals surface area contributed by atoms with E-state index in [0.29, 0.717) is 6.04 Å². The molecule has 2 aliphatic heterocycles. The normalized spacial score (nSPS) is 19.9. The molecule has 1 fully saturated rings. The molecular formula is C16H23BrN2O. The predicted molar refractivity (Wildman–Crippen MR) is 85.3 cm³/mol. The van der Waals surface area contributed by atoms with Gasteiger partial charge in [0.25, 0.3) is 0 Å². The smallest absolute Gasteiger partial charge is 0.127 e. The Hall–Kier alpha value is -0.580. The van der Waals surface area contributed by atoms with Gasteiger partial charge >= 0.3 is 0 Å². The summed E-state index contributed by atoms with van der Waals surface area (Å²) in [4.78, 5) is 2.55. The number of likely N-dealkylation sites (tertiary alicyclic amines) is 1. The van der Waals surface area contributed by atoms with E-state index in [1.807, 2.05) is 0 Å². The third-order valence-corrected chi connectivity index (χ3v) is 4.76. The first-order valence-corrected chi connectivity index (χ1v) is 8.45. The van der Waals surface area contributed by atoms with Gasteiger partial charge in [-0.1, -0.05) is 22.9 Å². The summed E-state index contributed by atoms with van der Waals surface area (Å²) in [5.41, 5.74) is 2.70. The number of fused-ring (bicyclic) bond motifs is 1. The van der Waals surface area contributed by atoms with Crippen molar-refractivity contribution in [3.05, 3.63) is 27.7 Å². The summed E-state index contributed by atoms with van der Waals surface area (Å²) >= 11 is 3.63. The van der Waals surface area contributed by atoms with E-state index in [1.165, 1.54) is 41.5 Å². The minimum Gasteiger partial charge on any atom is -0.493 e. The van der Waals surface area contributed by atoms with Crippen LogP contribution in [0.2, 0.25) is 0 Å². The van der Waals surface area contributed by atoms with Crippen LogP contribution >= 0.6 is 15.9 Å². The molecule has 0 radical (unpaired) electrons. The van der Waals surface area contributed by atoms with E-state index in [4.69, 9.17) is 4.74 Å². The highest BCUT2D eigenvalue weighted by Gasteiger charge is 2.22. The van der Waals surface area contributed by atoms with Gasteiger partial charge in [-0.2, -0.15) is 0 Å². The second-order valence-electron chi connectivity index (χ2n) is 5.76. The Labute approximate surface area is 129 Å². The van der Waals surface area contributed by atoms with Crippen LogP contribution in [0.15, 0.2) is 16.6 Å². The van der Waals surface area contributed by atoms with E-state index in [0.717, 1.165) is 31.9 Å². The standard InChI is InChI=1S/C16H23BrN2O/c1-2-18-15-3-6-19(7-4-15)11-13-10-14(17)9-12-5-8-20-16(12)13/h9-10,15,18H,2-8,11H2,1H3. The number of benzene rings is 1. The van der Waals surface area contributed by atoms with Gasteiger partial charge in [-0.25, -0.2) is 0 Å². The zero-order valence-electron chi connectivity index (χ0n) is 12.1. The van der Waals surface area contributed by atoms with Crippen LogP contribution in [0.1, 0.15) is 30.9 Å².